The maximum absolute atomic E-state index is 14.7. The van der Waals surface area contributed by atoms with Crippen LogP contribution in [0.15, 0.2) is 42.5 Å². The summed E-state index contributed by atoms with van der Waals surface area (Å²) >= 11 is 6.47. The number of sulfonamides is 1. The zero-order valence-electron chi connectivity index (χ0n) is 34.3. The Morgan fingerprint density at radius 3 is 2.14 bits per heavy atom. The van der Waals surface area contributed by atoms with Crippen LogP contribution in [0.3, 0.4) is 0 Å². The number of benzene rings is 2. The summed E-state index contributed by atoms with van der Waals surface area (Å²) in [5, 5.41) is 9.23. The van der Waals surface area contributed by atoms with E-state index in [9.17, 15) is 65.5 Å². The lowest BCUT2D eigenvalue weighted by molar-refractivity contribution is -0.142. The molecule has 2 aromatic carbocycles. The molecular weight excluding hydrogens is 948 g/mol. The lowest BCUT2D eigenvalue weighted by Crippen LogP contribution is -2.34. The number of rotatable bonds is 14. The minimum atomic E-state index is -5.15. The number of anilines is 1. The molecule has 0 spiro atoms. The summed E-state index contributed by atoms with van der Waals surface area (Å²) in [5.41, 5.74) is -4.39. The number of carbonyl (C=O) groups excluding carboxylic acids is 1. The minimum absolute atomic E-state index is 0.0442. The Morgan fingerprint density at radius 1 is 0.938 bits per heavy atom. The number of fused-ring (bicyclic) bond motifs is 1. The van der Waals surface area contributed by atoms with Crippen molar-refractivity contribution in [1.29, 1.82) is 0 Å². The van der Waals surface area contributed by atoms with Crippen LogP contribution in [0.4, 0.5) is 49.7 Å². The third-order valence-corrected chi connectivity index (χ3v) is 13.2. The van der Waals surface area contributed by atoms with Crippen molar-refractivity contribution < 1.29 is 65.5 Å². The predicted molar refractivity (Wildman–Crippen MR) is 218 cm³/mol. The van der Waals surface area contributed by atoms with Gasteiger partial charge in [0.2, 0.25) is 15.9 Å². The number of alkyl halides is 8. The average Bonchev–Trinajstić information content (AvgIpc) is 3.73. The second-order valence-corrected chi connectivity index (χ2v) is 20.6. The van der Waals surface area contributed by atoms with Gasteiger partial charge in [0.15, 0.2) is 21.3 Å². The van der Waals surface area contributed by atoms with E-state index in [0.717, 1.165) is 18.4 Å². The fraction of sp³-hybridized carbons (Fsp3) is 0.400. The van der Waals surface area contributed by atoms with E-state index in [1.54, 1.807) is 0 Å². The number of pyridine rings is 1. The molecule has 3 heterocycles. The number of sulfone groups is 1. The van der Waals surface area contributed by atoms with Gasteiger partial charge < -0.3 is 5.32 Å². The fourth-order valence-corrected chi connectivity index (χ4v) is 8.06. The first-order chi connectivity index (χ1) is 30.0. The zero-order chi connectivity index (χ0) is 48.2. The van der Waals surface area contributed by atoms with Crippen molar-refractivity contribution in [2.75, 3.05) is 23.9 Å². The summed E-state index contributed by atoms with van der Waals surface area (Å²) in [6.45, 7) is -2.94. The van der Waals surface area contributed by atoms with Gasteiger partial charge in [0, 0.05) is 29.0 Å². The lowest BCUT2D eigenvalue weighted by atomic mass is 9.93. The maximum Gasteiger partial charge on any atom is 0.435 e. The van der Waals surface area contributed by atoms with Crippen molar-refractivity contribution in [3.8, 4) is 23.0 Å². The Labute approximate surface area is 369 Å². The number of halogens is 11. The van der Waals surface area contributed by atoms with Crippen LogP contribution in [0, 0.1) is 29.4 Å². The Morgan fingerprint density at radius 2 is 1.58 bits per heavy atom. The Hall–Kier alpha value is -5.41. The molecule has 0 radical (unpaired) electrons. The third-order valence-electron chi connectivity index (χ3n) is 10.4. The number of carbonyl (C=O) groups is 1. The Bertz CT molecular complexity index is 2960. The molecule has 3 aromatic heterocycles. The van der Waals surface area contributed by atoms with Crippen LogP contribution in [0.1, 0.15) is 66.1 Å². The van der Waals surface area contributed by atoms with Crippen LogP contribution in [-0.4, -0.2) is 77.4 Å². The first-order valence-corrected chi connectivity index (χ1v) is 23.2. The highest BCUT2D eigenvalue weighted by Crippen LogP contribution is 2.52. The zero-order valence-corrected chi connectivity index (χ0v) is 36.7. The van der Waals surface area contributed by atoms with Gasteiger partial charge in [0.25, 0.3) is 0 Å². The number of amides is 1. The molecular formula is C40H36ClF10N7O5S2. The van der Waals surface area contributed by atoms with Crippen LogP contribution in [-0.2, 0) is 57.0 Å². The highest BCUT2D eigenvalue weighted by Gasteiger charge is 2.49. The van der Waals surface area contributed by atoms with E-state index < -0.39 is 134 Å². The number of hydrogen-bond donors (Lipinski definition) is 2. The van der Waals surface area contributed by atoms with E-state index >= 15 is 0 Å². The number of aromatic nitrogens is 5. The van der Waals surface area contributed by atoms with Crippen molar-refractivity contribution in [3.63, 3.8) is 0 Å². The second-order valence-electron chi connectivity index (χ2n) is 15.8. The second kappa shape index (κ2) is 17.8. The monoisotopic (exact) mass is 983 g/mol. The Balaban J connectivity index is 1.60. The average molecular weight is 984 g/mol. The van der Waals surface area contributed by atoms with E-state index in [1.165, 1.54) is 38.1 Å². The molecule has 0 aliphatic heterocycles. The van der Waals surface area contributed by atoms with Gasteiger partial charge in [-0.05, 0) is 80.3 Å². The molecule has 1 amide bonds. The summed E-state index contributed by atoms with van der Waals surface area (Å²) in [4.78, 5) is 18.6. The van der Waals surface area contributed by atoms with E-state index in [2.05, 4.69) is 32.3 Å². The molecule has 0 bridgehead atoms. The van der Waals surface area contributed by atoms with Crippen molar-refractivity contribution in [2.45, 2.75) is 75.5 Å². The van der Waals surface area contributed by atoms with Crippen molar-refractivity contribution in [1.82, 2.24) is 29.9 Å². The largest absolute Gasteiger partial charge is 0.435 e. The highest BCUT2D eigenvalue weighted by molar-refractivity contribution is 7.92. The van der Waals surface area contributed by atoms with Crippen LogP contribution in [0.25, 0.3) is 22.0 Å². The summed E-state index contributed by atoms with van der Waals surface area (Å²) in [6.07, 6.45) is -9.17. The van der Waals surface area contributed by atoms with E-state index in [-0.39, 0.29) is 44.9 Å². The molecule has 1 saturated carbocycles. The van der Waals surface area contributed by atoms with Crippen LogP contribution >= 0.6 is 11.6 Å². The van der Waals surface area contributed by atoms with Gasteiger partial charge in [0.1, 0.15) is 41.8 Å². The molecule has 2 N–H and O–H groups in total. The summed E-state index contributed by atoms with van der Waals surface area (Å²) < 4.78 is 193. The predicted octanol–water partition coefficient (Wildman–Crippen LogP) is 8.00. The van der Waals surface area contributed by atoms with Crippen molar-refractivity contribution in [2.24, 2.45) is 5.92 Å². The van der Waals surface area contributed by atoms with Gasteiger partial charge in [-0.25, -0.2) is 35.0 Å². The van der Waals surface area contributed by atoms with Gasteiger partial charge in [-0.15, -0.1) is 0 Å². The molecule has 1 aliphatic carbocycles. The van der Waals surface area contributed by atoms with Crippen molar-refractivity contribution >= 4 is 54.1 Å². The minimum Gasteiger partial charge on any atom is -0.346 e. The lowest BCUT2D eigenvalue weighted by Gasteiger charge is -2.23. The Kier molecular flexibility index (Phi) is 13.4. The van der Waals surface area contributed by atoms with Crippen LogP contribution < -0.4 is 10.0 Å². The van der Waals surface area contributed by atoms with Crippen LogP contribution in [0.5, 0.6) is 0 Å². The van der Waals surface area contributed by atoms with Crippen molar-refractivity contribution in [3.05, 3.63) is 93.0 Å². The molecule has 65 heavy (non-hydrogen) atoms. The quantitative estimate of drug-likeness (QED) is 0.0838. The number of nitrogens with zero attached hydrogens (tertiary/aromatic N) is 5. The smallest absolute Gasteiger partial charge is 0.346 e. The van der Waals surface area contributed by atoms with Gasteiger partial charge in [0.05, 0.1) is 46.3 Å². The van der Waals surface area contributed by atoms with Gasteiger partial charge in [-0.3, -0.25) is 23.3 Å². The third kappa shape index (κ3) is 11.2. The molecule has 1 unspecified atom stereocenters. The normalized spacial score (nSPS) is 16.3. The van der Waals surface area contributed by atoms with E-state index in [4.69, 9.17) is 11.6 Å². The standard InChI is InChI=1S/C40H36ClF10N7O5S2/c1-38(2,64(3,60)61)10-9-24-5-6-25(26-7-8-28(41)33-35(26)58(19-39(46,47)48)55-37(33)56-65(4,62)63)34(52-24)29(13-20-11-22(44)15-23(45)12-20)53-31(59)18-57-30(17-43)32(27-14-21(27)16-42)36(54-57)40(49,50)51/h5-8,11-12,15,21,27,29H,13-14,16-19H2,1-4H3,(H,53,59)(H,55,56)/t21?,27-,29-/m0/s1. The summed E-state index contributed by atoms with van der Waals surface area (Å²) in [7, 11) is -8.05. The highest BCUT2D eigenvalue weighted by atomic mass is 35.5. The van der Waals surface area contributed by atoms with E-state index in [0.29, 0.717) is 21.7 Å². The van der Waals surface area contributed by atoms with Gasteiger partial charge >= 0.3 is 12.4 Å². The number of nitrogens with one attached hydrogen (secondary N) is 2. The topological polar surface area (TPSA) is 158 Å². The van der Waals surface area contributed by atoms with Gasteiger partial charge in [-0.2, -0.15) is 36.5 Å². The molecule has 12 nitrogen and oxygen atoms in total. The molecule has 5 aromatic rings. The molecule has 1 aliphatic rings. The number of hydrogen-bond acceptors (Lipinski definition) is 8. The van der Waals surface area contributed by atoms with E-state index in [1.807, 2.05) is 4.72 Å². The maximum atomic E-state index is 14.7. The molecule has 0 saturated heterocycles. The molecule has 350 valence electrons. The molecule has 25 heteroatoms. The molecule has 1 fully saturated rings. The SMILES string of the molecule is CC(C)(C#Cc1ccc(-c2ccc(Cl)c3c(NS(C)(=O)=O)nn(CC(F)(F)F)c23)c([C@H](Cc2cc(F)cc(F)c2)NC(=O)Cn2nc(C(F)(F)F)c([C@H]3CC3CF)c2CF)n1)S(C)(=O)=O. The molecule has 6 rings (SSSR count). The van der Waals surface area contributed by atoms with Gasteiger partial charge in [-0.1, -0.05) is 23.6 Å². The first-order valence-electron chi connectivity index (χ1n) is 19.0. The summed E-state index contributed by atoms with van der Waals surface area (Å²) in [5.74, 6) is -0.752. The molecule has 3 atom stereocenters. The fourth-order valence-electron chi connectivity index (χ4n) is 7.08. The summed E-state index contributed by atoms with van der Waals surface area (Å²) in [6, 6.07) is 5.39. The van der Waals surface area contributed by atoms with Crippen LogP contribution in [0.2, 0.25) is 5.02 Å². The first kappa shape index (κ1) is 49.0.